The fourth-order valence-electron chi connectivity index (χ4n) is 3.68. The van der Waals surface area contributed by atoms with Crippen LogP contribution in [0.5, 0.6) is 0 Å². The van der Waals surface area contributed by atoms with Gasteiger partial charge in [-0.15, -0.1) is 0 Å². The van der Waals surface area contributed by atoms with Crippen LogP contribution in [0, 0.1) is 13.8 Å². The molecule has 1 aliphatic rings. The summed E-state index contributed by atoms with van der Waals surface area (Å²) in [7, 11) is 0. The van der Waals surface area contributed by atoms with E-state index in [0.29, 0.717) is 0 Å². The smallest absolute Gasteiger partial charge is 0.135 e. The molecule has 0 radical (unpaired) electrons. The molecule has 4 rings (SSSR count). The normalized spacial score (nSPS) is 17.8. The lowest BCUT2D eigenvalue weighted by atomic mass is 9.98. The average Bonchev–Trinajstić information content (AvgIpc) is 3.15. The Labute approximate surface area is 159 Å². The third kappa shape index (κ3) is 4.31. The summed E-state index contributed by atoms with van der Waals surface area (Å²) in [5.74, 6) is 2.37. The summed E-state index contributed by atoms with van der Waals surface area (Å²) in [6.45, 7) is 5.85. The Morgan fingerprint density at radius 1 is 1.11 bits per heavy atom. The van der Waals surface area contributed by atoms with Crippen molar-refractivity contribution in [2.45, 2.75) is 45.7 Å². The zero-order valence-electron chi connectivity index (χ0n) is 15.8. The number of nitrogens with one attached hydrogen (secondary N) is 2. The van der Waals surface area contributed by atoms with Crippen molar-refractivity contribution in [3.63, 3.8) is 0 Å². The SMILES string of the molecule is Cc1cccc(Nc2cc([C@@H]3CCCCN3Cc3ccn[nH]3)nc(C)n2)n1. The van der Waals surface area contributed by atoms with Gasteiger partial charge in [-0.1, -0.05) is 12.5 Å². The molecular weight excluding hydrogens is 338 g/mol. The fourth-order valence-corrected chi connectivity index (χ4v) is 3.68. The van der Waals surface area contributed by atoms with E-state index in [1.165, 1.54) is 12.8 Å². The fraction of sp³-hybridized carbons (Fsp3) is 0.400. The Hall–Kier alpha value is -2.80. The Morgan fingerprint density at radius 3 is 2.85 bits per heavy atom. The van der Waals surface area contributed by atoms with Crippen molar-refractivity contribution >= 4 is 11.6 Å². The number of likely N-dealkylation sites (tertiary alicyclic amines) is 1. The summed E-state index contributed by atoms with van der Waals surface area (Å²) in [5, 5.41) is 10.5. The highest BCUT2D eigenvalue weighted by molar-refractivity contribution is 5.52. The van der Waals surface area contributed by atoms with E-state index in [2.05, 4.69) is 36.4 Å². The second kappa shape index (κ2) is 7.84. The maximum atomic E-state index is 4.76. The van der Waals surface area contributed by atoms with Gasteiger partial charge in [0.05, 0.1) is 11.7 Å². The number of rotatable bonds is 5. The highest BCUT2D eigenvalue weighted by Gasteiger charge is 2.26. The molecule has 0 bridgehead atoms. The van der Waals surface area contributed by atoms with Crippen LogP contribution in [-0.2, 0) is 6.54 Å². The summed E-state index contributed by atoms with van der Waals surface area (Å²) >= 11 is 0. The molecule has 4 heterocycles. The van der Waals surface area contributed by atoms with Crippen molar-refractivity contribution in [3.05, 3.63) is 59.4 Å². The monoisotopic (exact) mass is 363 g/mol. The molecule has 0 amide bonds. The number of nitrogens with zero attached hydrogens (tertiary/aromatic N) is 5. The summed E-state index contributed by atoms with van der Waals surface area (Å²) in [4.78, 5) is 16.3. The van der Waals surface area contributed by atoms with Crippen LogP contribution in [0.4, 0.5) is 11.6 Å². The largest absolute Gasteiger partial charge is 0.325 e. The Bertz CT molecular complexity index is 891. The van der Waals surface area contributed by atoms with Crippen molar-refractivity contribution < 1.29 is 0 Å². The highest BCUT2D eigenvalue weighted by Crippen LogP contribution is 2.32. The summed E-state index contributed by atoms with van der Waals surface area (Å²) in [6.07, 6.45) is 5.34. The zero-order chi connectivity index (χ0) is 18.6. The molecular formula is C20H25N7. The van der Waals surface area contributed by atoms with E-state index in [1.54, 1.807) is 6.20 Å². The molecule has 3 aromatic heterocycles. The molecule has 1 saturated heterocycles. The number of H-pyrrole nitrogens is 1. The first-order valence-electron chi connectivity index (χ1n) is 9.46. The first-order chi connectivity index (χ1) is 13.2. The highest BCUT2D eigenvalue weighted by atomic mass is 15.2. The summed E-state index contributed by atoms with van der Waals surface area (Å²) in [5.41, 5.74) is 3.18. The first kappa shape index (κ1) is 17.6. The molecule has 0 spiro atoms. The van der Waals surface area contributed by atoms with Crippen LogP contribution in [0.1, 0.15) is 48.2 Å². The van der Waals surface area contributed by atoms with E-state index < -0.39 is 0 Å². The van der Waals surface area contributed by atoms with E-state index in [4.69, 9.17) is 4.98 Å². The van der Waals surface area contributed by atoms with Gasteiger partial charge in [-0.25, -0.2) is 15.0 Å². The summed E-state index contributed by atoms with van der Waals surface area (Å²) in [6, 6.07) is 10.3. The molecule has 140 valence electrons. The van der Waals surface area contributed by atoms with Crippen LogP contribution in [0.15, 0.2) is 36.5 Å². The molecule has 3 aromatic rings. The van der Waals surface area contributed by atoms with Crippen LogP contribution in [0.2, 0.25) is 0 Å². The number of anilines is 2. The van der Waals surface area contributed by atoms with Crippen LogP contribution in [0.3, 0.4) is 0 Å². The Kier molecular flexibility index (Phi) is 5.11. The quantitative estimate of drug-likeness (QED) is 0.719. The lowest BCUT2D eigenvalue weighted by Crippen LogP contribution is -2.33. The Morgan fingerprint density at radius 2 is 2.04 bits per heavy atom. The van der Waals surface area contributed by atoms with Crippen molar-refractivity contribution in [3.8, 4) is 0 Å². The number of aromatic nitrogens is 5. The standard InChI is InChI=1S/C20H25N7/c1-14-6-5-8-19(22-14)25-20-12-17(23-15(2)24-20)18-7-3-4-11-27(18)13-16-9-10-21-26-16/h5-6,8-10,12,18H,3-4,7,11,13H2,1-2H3,(H,21,26)(H,22,23,24,25)/t18-/m0/s1. The van der Waals surface area contributed by atoms with Gasteiger partial charge in [0.15, 0.2) is 0 Å². The van der Waals surface area contributed by atoms with Crippen molar-refractivity contribution in [2.75, 3.05) is 11.9 Å². The van der Waals surface area contributed by atoms with Gasteiger partial charge in [-0.05, 0) is 51.4 Å². The molecule has 7 nitrogen and oxygen atoms in total. The minimum absolute atomic E-state index is 0.287. The van der Waals surface area contributed by atoms with Gasteiger partial charge in [0, 0.05) is 30.2 Å². The minimum atomic E-state index is 0.287. The molecule has 0 unspecified atom stereocenters. The maximum absolute atomic E-state index is 4.76. The number of hydrogen-bond acceptors (Lipinski definition) is 6. The maximum Gasteiger partial charge on any atom is 0.135 e. The minimum Gasteiger partial charge on any atom is -0.325 e. The third-order valence-corrected chi connectivity index (χ3v) is 4.89. The predicted molar refractivity (Wildman–Crippen MR) is 105 cm³/mol. The van der Waals surface area contributed by atoms with E-state index in [1.807, 2.05) is 38.1 Å². The van der Waals surface area contributed by atoms with Gasteiger partial charge in [0.1, 0.15) is 17.5 Å². The lowest BCUT2D eigenvalue weighted by Gasteiger charge is -2.35. The molecule has 2 N–H and O–H groups in total. The predicted octanol–water partition coefficient (Wildman–Crippen LogP) is 3.68. The zero-order valence-corrected chi connectivity index (χ0v) is 15.8. The van der Waals surface area contributed by atoms with Crippen molar-refractivity contribution in [1.29, 1.82) is 0 Å². The molecule has 27 heavy (non-hydrogen) atoms. The Balaban J connectivity index is 1.58. The molecule has 1 aliphatic heterocycles. The molecule has 0 saturated carbocycles. The van der Waals surface area contributed by atoms with Crippen LogP contribution >= 0.6 is 0 Å². The van der Waals surface area contributed by atoms with Crippen molar-refractivity contribution in [2.24, 2.45) is 0 Å². The van der Waals surface area contributed by atoms with Crippen molar-refractivity contribution in [1.82, 2.24) is 30.0 Å². The van der Waals surface area contributed by atoms with Gasteiger partial charge in [-0.2, -0.15) is 5.10 Å². The van der Waals surface area contributed by atoms with E-state index in [9.17, 15) is 0 Å². The molecule has 1 atom stereocenters. The average molecular weight is 363 g/mol. The topological polar surface area (TPSA) is 82.6 Å². The molecule has 1 fully saturated rings. The summed E-state index contributed by atoms with van der Waals surface area (Å²) < 4.78 is 0. The van der Waals surface area contributed by atoms with E-state index in [0.717, 1.165) is 54.1 Å². The van der Waals surface area contributed by atoms with Gasteiger partial charge in [0.2, 0.25) is 0 Å². The van der Waals surface area contributed by atoms with Crippen LogP contribution < -0.4 is 5.32 Å². The number of hydrogen-bond donors (Lipinski definition) is 2. The van der Waals surface area contributed by atoms with Gasteiger partial charge < -0.3 is 5.32 Å². The van der Waals surface area contributed by atoms with Gasteiger partial charge in [0.25, 0.3) is 0 Å². The molecule has 0 aromatic carbocycles. The lowest BCUT2D eigenvalue weighted by molar-refractivity contribution is 0.135. The van der Waals surface area contributed by atoms with Gasteiger partial charge >= 0.3 is 0 Å². The van der Waals surface area contributed by atoms with E-state index >= 15 is 0 Å². The second-order valence-electron chi connectivity index (χ2n) is 7.08. The van der Waals surface area contributed by atoms with Gasteiger partial charge in [-0.3, -0.25) is 10.00 Å². The van der Waals surface area contributed by atoms with Crippen LogP contribution in [0.25, 0.3) is 0 Å². The third-order valence-electron chi connectivity index (χ3n) is 4.89. The van der Waals surface area contributed by atoms with Crippen LogP contribution in [-0.4, -0.2) is 36.6 Å². The molecule has 7 heteroatoms. The second-order valence-corrected chi connectivity index (χ2v) is 7.08. The number of aryl methyl sites for hydroxylation is 2. The van der Waals surface area contributed by atoms with E-state index in [-0.39, 0.29) is 6.04 Å². The number of aromatic amines is 1. The first-order valence-corrected chi connectivity index (χ1v) is 9.46. The molecule has 0 aliphatic carbocycles. The number of piperidine rings is 1. The number of pyridine rings is 1.